The molecule has 0 aromatic rings. The summed E-state index contributed by atoms with van der Waals surface area (Å²) in [5, 5.41) is 7.30. The number of carbonyl (C=O) groups excluding carboxylic acids is 1. The van der Waals surface area contributed by atoms with Gasteiger partial charge in [-0.25, -0.2) is 13.6 Å². The second kappa shape index (κ2) is 5.94. The van der Waals surface area contributed by atoms with Crippen LogP contribution in [-0.4, -0.2) is 32.7 Å². The second-order valence-corrected chi connectivity index (χ2v) is 4.76. The molecule has 1 atom stereocenters. The van der Waals surface area contributed by atoms with Gasteiger partial charge in [0, 0.05) is 6.54 Å². The van der Waals surface area contributed by atoms with E-state index in [-0.39, 0.29) is 18.2 Å². The maximum atomic E-state index is 11.1. The molecule has 0 bridgehead atoms. The molecule has 1 unspecified atom stereocenters. The SMILES string of the molecule is CCC(N)C(=O)NCCCS(N)(=O)=O. The van der Waals surface area contributed by atoms with Crippen LogP contribution in [0.15, 0.2) is 0 Å². The van der Waals surface area contributed by atoms with Gasteiger partial charge in [-0.1, -0.05) is 6.92 Å². The van der Waals surface area contributed by atoms with Gasteiger partial charge in [0.05, 0.1) is 11.8 Å². The quantitative estimate of drug-likeness (QED) is 0.476. The fourth-order valence-electron chi connectivity index (χ4n) is 0.801. The highest BCUT2D eigenvalue weighted by Crippen LogP contribution is 1.87. The number of amides is 1. The van der Waals surface area contributed by atoms with Crippen molar-refractivity contribution in [2.45, 2.75) is 25.8 Å². The molecule has 0 spiro atoms. The van der Waals surface area contributed by atoms with E-state index in [1.165, 1.54) is 0 Å². The van der Waals surface area contributed by atoms with Gasteiger partial charge in [-0.05, 0) is 12.8 Å². The van der Waals surface area contributed by atoms with E-state index < -0.39 is 16.1 Å². The molecule has 1 amide bonds. The first-order chi connectivity index (χ1) is 6.37. The molecule has 7 heteroatoms. The third-order valence-corrected chi connectivity index (χ3v) is 2.54. The van der Waals surface area contributed by atoms with Gasteiger partial charge in [0.2, 0.25) is 15.9 Å². The minimum absolute atomic E-state index is 0.130. The van der Waals surface area contributed by atoms with Crippen molar-refractivity contribution in [1.29, 1.82) is 0 Å². The number of carbonyl (C=O) groups is 1. The van der Waals surface area contributed by atoms with Gasteiger partial charge in [-0.15, -0.1) is 0 Å². The Hall–Kier alpha value is -0.660. The molecule has 0 heterocycles. The Kier molecular flexibility index (Phi) is 5.66. The van der Waals surface area contributed by atoms with Gasteiger partial charge in [-0.2, -0.15) is 0 Å². The van der Waals surface area contributed by atoms with Crippen LogP contribution in [0.4, 0.5) is 0 Å². The van der Waals surface area contributed by atoms with Crippen molar-refractivity contribution in [3.8, 4) is 0 Å². The summed E-state index contributed by atoms with van der Waals surface area (Å²) >= 11 is 0. The molecule has 0 aromatic heterocycles. The van der Waals surface area contributed by atoms with E-state index in [9.17, 15) is 13.2 Å². The van der Waals surface area contributed by atoms with E-state index in [4.69, 9.17) is 10.9 Å². The van der Waals surface area contributed by atoms with Gasteiger partial charge >= 0.3 is 0 Å². The molecule has 5 N–H and O–H groups in total. The van der Waals surface area contributed by atoms with E-state index >= 15 is 0 Å². The Bertz CT molecular complexity index is 276. The molecule has 0 aliphatic rings. The minimum Gasteiger partial charge on any atom is -0.355 e. The fourth-order valence-corrected chi connectivity index (χ4v) is 1.35. The predicted octanol–water partition coefficient (Wildman–Crippen LogP) is -1.48. The maximum Gasteiger partial charge on any atom is 0.236 e. The third kappa shape index (κ3) is 6.81. The largest absolute Gasteiger partial charge is 0.355 e. The van der Waals surface area contributed by atoms with Crippen molar-refractivity contribution >= 4 is 15.9 Å². The summed E-state index contributed by atoms with van der Waals surface area (Å²) in [7, 11) is -3.43. The standard InChI is InChI=1S/C7H17N3O3S/c1-2-6(8)7(11)10-4-3-5-14(9,12)13/h6H,2-5,8H2,1H3,(H,10,11)(H2,9,12,13). The third-order valence-electron chi connectivity index (χ3n) is 1.68. The van der Waals surface area contributed by atoms with E-state index in [1.807, 2.05) is 0 Å². The number of hydrogen-bond acceptors (Lipinski definition) is 4. The smallest absolute Gasteiger partial charge is 0.236 e. The van der Waals surface area contributed by atoms with E-state index in [1.54, 1.807) is 6.92 Å². The summed E-state index contributed by atoms with van der Waals surface area (Å²) in [6.07, 6.45) is 0.863. The second-order valence-electron chi connectivity index (χ2n) is 3.03. The number of hydrogen-bond donors (Lipinski definition) is 3. The Morgan fingerprint density at radius 2 is 2.07 bits per heavy atom. The van der Waals surface area contributed by atoms with Gasteiger partial charge in [0.15, 0.2) is 0 Å². The lowest BCUT2D eigenvalue weighted by atomic mass is 10.2. The lowest BCUT2D eigenvalue weighted by molar-refractivity contribution is -0.122. The first-order valence-corrected chi connectivity index (χ1v) is 6.12. The highest BCUT2D eigenvalue weighted by molar-refractivity contribution is 7.89. The van der Waals surface area contributed by atoms with Gasteiger partial charge < -0.3 is 11.1 Å². The molecule has 0 aliphatic carbocycles. The Labute approximate surface area is 84.1 Å². The number of sulfonamides is 1. The maximum absolute atomic E-state index is 11.1. The van der Waals surface area contributed by atoms with E-state index in [0.29, 0.717) is 12.8 Å². The predicted molar refractivity (Wildman–Crippen MR) is 53.9 cm³/mol. The monoisotopic (exact) mass is 223 g/mol. The molecular weight excluding hydrogens is 206 g/mol. The number of nitrogens with one attached hydrogen (secondary N) is 1. The average molecular weight is 223 g/mol. The summed E-state index contributed by atoms with van der Waals surface area (Å²) in [4.78, 5) is 11.1. The topological polar surface area (TPSA) is 115 Å². The first-order valence-electron chi connectivity index (χ1n) is 4.40. The fraction of sp³-hybridized carbons (Fsp3) is 0.857. The highest BCUT2D eigenvalue weighted by Gasteiger charge is 2.10. The van der Waals surface area contributed by atoms with Crippen LogP contribution in [-0.2, 0) is 14.8 Å². The van der Waals surface area contributed by atoms with Crippen LogP contribution in [0, 0.1) is 0 Å². The van der Waals surface area contributed by atoms with Gasteiger partial charge in [0.1, 0.15) is 0 Å². The van der Waals surface area contributed by atoms with Crippen LogP contribution in [0.2, 0.25) is 0 Å². The summed E-state index contributed by atoms with van der Waals surface area (Å²) in [5.41, 5.74) is 5.43. The summed E-state index contributed by atoms with van der Waals surface area (Å²) in [6, 6.07) is -0.524. The summed E-state index contributed by atoms with van der Waals surface area (Å²) in [5.74, 6) is -0.392. The van der Waals surface area contributed by atoms with Crippen LogP contribution in [0.1, 0.15) is 19.8 Å². The molecule has 14 heavy (non-hydrogen) atoms. The molecule has 84 valence electrons. The Morgan fingerprint density at radius 1 is 1.50 bits per heavy atom. The summed E-state index contributed by atoms with van der Waals surface area (Å²) < 4.78 is 21.0. The van der Waals surface area contributed by atoms with E-state index in [2.05, 4.69) is 5.32 Å². The zero-order valence-electron chi connectivity index (χ0n) is 8.19. The van der Waals surface area contributed by atoms with Crippen LogP contribution >= 0.6 is 0 Å². The number of primary sulfonamides is 1. The normalized spacial score (nSPS) is 13.6. The van der Waals surface area contributed by atoms with E-state index in [0.717, 1.165) is 0 Å². The molecule has 0 aromatic carbocycles. The zero-order chi connectivity index (χ0) is 11.2. The van der Waals surface area contributed by atoms with Crippen molar-refractivity contribution in [3.63, 3.8) is 0 Å². The van der Waals surface area contributed by atoms with Crippen molar-refractivity contribution in [2.24, 2.45) is 10.9 Å². The van der Waals surface area contributed by atoms with Crippen molar-refractivity contribution < 1.29 is 13.2 Å². The molecule has 0 fully saturated rings. The van der Waals surface area contributed by atoms with Crippen LogP contribution < -0.4 is 16.2 Å². The molecule has 0 radical (unpaired) electrons. The average Bonchev–Trinajstić information content (AvgIpc) is 2.09. The summed E-state index contributed by atoms with van der Waals surface area (Å²) in [6.45, 7) is 2.08. The van der Waals surface area contributed by atoms with Crippen LogP contribution in [0.25, 0.3) is 0 Å². The van der Waals surface area contributed by atoms with Crippen molar-refractivity contribution in [1.82, 2.24) is 5.32 Å². The zero-order valence-corrected chi connectivity index (χ0v) is 9.01. The van der Waals surface area contributed by atoms with Gasteiger partial charge in [0.25, 0.3) is 0 Å². The number of nitrogens with two attached hydrogens (primary N) is 2. The molecule has 0 rings (SSSR count). The molecule has 0 saturated heterocycles. The molecule has 0 saturated carbocycles. The molecule has 6 nitrogen and oxygen atoms in total. The number of rotatable bonds is 6. The van der Waals surface area contributed by atoms with Crippen molar-refractivity contribution in [3.05, 3.63) is 0 Å². The van der Waals surface area contributed by atoms with Crippen LogP contribution in [0.3, 0.4) is 0 Å². The first kappa shape index (κ1) is 13.3. The molecular formula is C7H17N3O3S. The van der Waals surface area contributed by atoms with Crippen LogP contribution in [0.5, 0.6) is 0 Å². The highest BCUT2D eigenvalue weighted by atomic mass is 32.2. The lowest BCUT2D eigenvalue weighted by Gasteiger charge is -2.09. The Balaban J connectivity index is 3.61. The van der Waals surface area contributed by atoms with Gasteiger partial charge in [-0.3, -0.25) is 4.79 Å². The molecule has 0 aliphatic heterocycles. The minimum atomic E-state index is -3.43. The Morgan fingerprint density at radius 3 is 2.50 bits per heavy atom. The van der Waals surface area contributed by atoms with Crippen molar-refractivity contribution in [2.75, 3.05) is 12.3 Å². The lowest BCUT2D eigenvalue weighted by Crippen LogP contribution is -2.40.